The maximum absolute atomic E-state index is 11.4. The van der Waals surface area contributed by atoms with Gasteiger partial charge in [0.25, 0.3) is 0 Å². The van der Waals surface area contributed by atoms with Crippen molar-refractivity contribution in [3.63, 3.8) is 0 Å². The molecule has 0 fully saturated rings. The standard InChI is InChI=1S/C11H16O5S/c1-16-9-5-3-8(4-6-9)11(13)10(7-12)17(2,14)15/h3-6,10-13H,7H2,1-2H3/t10-,11-/m1/s1. The molecule has 5 nitrogen and oxygen atoms in total. The summed E-state index contributed by atoms with van der Waals surface area (Å²) >= 11 is 0. The largest absolute Gasteiger partial charge is 0.497 e. The molecule has 0 saturated heterocycles. The molecule has 2 N–H and O–H groups in total. The van der Waals surface area contributed by atoms with E-state index >= 15 is 0 Å². The summed E-state index contributed by atoms with van der Waals surface area (Å²) in [5, 5.41) is 17.7. The lowest BCUT2D eigenvalue weighted by Gasteiger charge is -2.19. The minimum absolute atomic E-state index is 0.426. The number of sulfone groups is 1. The summed E-state index contributed by atoms with van der Waals surface area (Å²) in [5.41, 5.74) is 0.426. The summed E-state index contributed by atoms with van der Waals surface area (Å²) < 4.78 is 27.7. The van der Waals surface area contributed by atoms with Gasteiger partial charge < -0.3 is 14.9 Å². The summed E-state index contributed by atoms with van der Waals surface area (Å²) in [6, 6.07) is 6.37. The Balaban J connectivity index is 2.98. The number of ether oxygens (including phenoxy) is 1. The molecule has 96 valence electrons. The SMILES string of the molecule is COc1ccc([C@@H](O)[C@@H](CO)S(C)(=O)=O)cc1. The molecule has 17 heavy (non-hydrogen) atoms. The second kappa shape index (κ2) is 5.48. The number of methoxy groups -OCH3 is 1. The van der Waals surface area contributed by atoms with Gasteiger partial charge in [0.1, 0.15) is 11.0 Å². The molecule has 1 aromatic carbocycles. The van der Waals surface area contributed by atoms with Crippen LogP contribution in [0.5, 0.6) is 5.75 Å². The van der Waals surface area contributed by atoms with E-state index in [1.54, 1.807) is 24.3 Å². The molecule has 0 amide bonds. The summed E-state index contributed by atoms with van der Waals surface area (Å²) in [4.78, 5) is 0. The molecule has 0 aliphatic rings. The van der Waals surface area contributed by atoms with Crippen molar-refractivity contribution in [2.24, 2.45) is 0 Å². The van der Waals surface area contributed by atoms with Crippen LogP contribution < -0.4 is 4.74 Å². The van der Waals surface area contributed by atoms with Crippen molar-refractivity contribution in [1.82, 2.24) is 0 Å². The first-order chi connectivity index (χ1) is 7.90. The lowest BCUT2D eigenvalue weighted by molar-refractivity contribution is 0.138. The minimum Gasteiger partial charge on any atom is -0.497 e. The van der Waals surface area contributed by atoms with Gasteiger partial charge in [-0.2, -0.15) is 0 Å². The van der Waals surface area contributed by atoms with Gasteiger partial charge in [-0.15, -0.1) is 0 Å². The van der Waals surface area contributed by atoms with Gasteiger partial charge in [-0.25, -0.2) is 8.42 Å². The van der Waals surface area contributed by atoms with Gasteiger partial charge in [0.2, 0.25) is 0 Å². The van der Waals surface area contributed by atoms with E-state index in [0.717, 1.165) is 6.26 Å². The summed E-state index contributed by atoms with van der Waals surface area (Å²) in [6.45, 7) is -0.619. The van der Waals surface area contributed by atoms with E-state index in [0.29, 0.717) is 11.3 Å². The van der Waals surface area contributed by atoms with E-state index in [9.17, 15) is 13.5 Å². The molecule has 0 radical (unpaired) electrons. The molecule has 1 rings (SSSR count). The average Bonchev–Trinajstić information content (AvgIpc) is 2.28. The van der Waals surface area contributed by atoms with Gasteiger partial charge in [-0.05, 0) is 17.7 Å². The van der Waals surface area contributed by atoms with Gasteiger partial charge in [-0.3, -0.25) is 0 Å². The fraction of sp³-hybridized carbons (Fsp3) is 0.455. The molecular weight excluding hydrogens is 244 g/mol. The maximum atomic E-state index is 11.4. The van der Waals surface area contributed by atoms with Gasteiger partial charge in [0.05, 0.1) is 19.8 Å². The van der Waals surface area contributed by atoms with E-state index in [-0.39, 0.29) is 0 Å². The van der Waals surface area contributed by atoms with Crippen LogP contribution in [0.25, 0.3) is 0 Å². The zero-order chi connectivity index (χ0) is 13.1. The van der Waals surface area contributed by atoms with Crippen LogP contribution in [0.2, 0.25) is 0 Å². The van der Waals surface area contributed by atoms with Crippen LogP contribution in [-0.4, -0.2) is 43.9 Å². The van der Waals surface area contributed by atoms with Crippen LogP contribution in [0.15, 0.2) is 24.3 Å². The number of rotatable bonds is 5. The fourth-order valence-electron chi connectivity index (χ4n) is 1.49. The minimum atomic E-state index is -3.51. The maximum Gasteiger partial charge on any atom is 0.155 e. The van der Waals surface area contributed by atoms with Crippen molar-refractivity contribution in [3.05, 3.63) is 29.8 Å². The average molecular weight is 260 g/mol. The number of hydrogen-bond donors (Lipinski definition) is 2. The van der Waals surface area contributed by atoms with Crippen molar-refractivity contribution in [2.75, 3.05) is 20.0 Å². The number of aliphatic hydroxyl groups excluding tert-OH is 2. The van der Waals surface area contributed by atoms with Crippen molar-refractivity contribution in [2.45, 2.75) is 11.4 Å². The first-order valence-electron chi connectivity index (χ1n) is 5.02. The monoisotopic (exact) mass is 260 g/mol. The topological polar surface area (TPSA) is 83.8 Å². The highest BCUT2D eigenvalue weighted by molar-refractivity contribution is 7.91. The lowest BCUT2D eigenvalue weighted by atomic mass is 10.1. The summed E-state index contributed by atoms with van der Waals surface area (Å²) in [5.74, 6) is 0.612. The number of hydrogen-bond acceptors (Lipinski definition) is 5. The Labute approximate surface area is 101 Å². The van der Waals surface area contributed by atoms with Gasteiger partial charge in [0.15, 0.2) is 9.84 Å². The Kier molecular flexibility index (Phi) is 4.50. The Hall–Kier alpha value is -1.11. The molecule has 0 unspecified atom stereocenters. The Bertz CT molecular complexity index is 451. The Morgan fingerprint density at radius 2 is 1.82 bits per heavy atom. The van der Waals surface area contributed by atoms with Crippen LogP contribution in [0.1, 0.15) is 11.7 Å². The second-order valence-corrected chi connectivity index (χ2v) is 6.03. The third-order valence-corrected chi connectivity index (χ3v) is 4.05. The highest BCUT2D eigenvalue weighted by atomic mass is 32.2. The quantitative estimate of drug-likeness (QED) is 0.786. The van der Waals surface area contributed by atoms with Gasteiger partial charge in [-0.1, -0.05) is 12.1 Å². The molecule has 0 aliphatic heterocycles. The van der Waals surface area contributed by atoms with Crippen molar-refractivity contribution >= 4 is 9.84 Å². The Morgan fingerprint density at radius 3 is 2.18 bits per heavy atom. The first kappa shape index (κ1) is 14.0. The van der Waals surface area contributed by atoms with E-state index < -0.39 is 27.8 Å². The molecule has 0 saturated carbocycles. The number of benzene rings is 1. The summed E-state index contributed by atoms with van der Waals surface area (Å²) in [6.07, 6.45) is -0.262. The molecule has 0 aromatic heterocycles. The molecule has 6 heteroatoms. The Morgan fingerprint density at radius 1 is 1.29 bits per heavy atom. The van der Waals surface area contributed by atoms with Crippen molar-refractivity contribution < 1.29 is 23.4 Å². The molecule has 0 spiro atoms. The second-order valence-electron chi connectivity index (χ2n) is 3.77. The van der Waals surface area contributed by atoms with Crippen molar-refractivity contribution in [1.29, 1.82) is 0 Å². The van der Waals surface area contributed by atoms with Crippen LogP contribution >= 0.6 is 0 Å². The van der Waals surface area contributed by atoms with E-state index in [1.165, 1.54) is 7.11 Å². The lowest BCUT2D eigenvalue weighted by Crippen LogP contribution is -2.31. The fourth-order valence-corrected chi connectivity index (χ4v) is 2.38. The van der Waals surface area contributed by atoms with E-state index in [2.05, 4.69) is 0 Å². The van der Waals surface area contributed by atoms with Crippen LogP contribution in [0.3, 0.4) is 0 Å². The smallest absolute Gasteiger partial charge is 0.155 e. The molecule has 0 aliphatic carbocycles. The first-order valence-corrected chi connectivity index (χ1v) is 6.97. The van der Waals surface area contributed by atoms with Crippen molar-refractivity contribution in [3.8, 4) is 5.75 Å². The molecule has 1 aromatic rings. The van der Waals surface area contributed by atoms with Crippen LogP contribution in [0.4, 0.5) is 0 Å². The highest BCUT2D eigenvalue weighted by Gasteiger charge is 2.29. The van der Waals surface area contributed by atoms with E-state index in [1.807, 2.05) is 0 Å². The van der Waals surface area contributed by atoms with Crippen LogP contribution in [0, 0.1) is 0 Å². The predicted octanol–water partition coefficient (Wildman–Crippen LogP) is 0.134. The molecule has 0 bridgehead atoms. The normalized spacial score (nSPS) is 15.3. The van der Waals surface area contributed by atoms with E-state index in [4.69, 9.17) is 9.84 Å². The third kappa shape index (κ3) is 3.42. The van der Waals surface area contributed by atoms with Gasteiger partial charge in [0, 0.05) is 6.26 Å². The number of aliphatic hydroxyl groups is 2. The zero-order valence-corrected chi connectivity index (χ0v) is 10.5. The molecule has 2 atom stereocenters. The van der Waals surface area contributed by atoms with Gasteiger partial charge >= 0.3 is 0 Å². The third-order valence-electron chi connectivity index (χ3n) is 2.54. The predicted molar refractivity (Wildman–Crippen MR) is 63.7 cm³/mol. The molecular formula is C11H16O5S. The highest BCUT2D eigenvalue weighted by Crippen LogP contribution is 2.23. The zero-order valence-electron chi connectivity index (χ0n) is 9.70. The molecule has 0 heterocycles. The van der Waals surface area contributed by atoms with Crippen LogP contribution in [-0.2, 0) is 9.84 Å². The summed E-state index contributed by atoms with van der Waals surface area (Å²) in [7, 11) is -2.00.